The summed E-state index contributed by atoms with van der Waals surface area (Å²) < 4.78 is 5.30. The van der Waals surface area contributed by atoms with Gasteiger partial charge in [0.1, 0.15) is 11.4 Å². The van der Waals surface area contributed by atoms with Crippen LogP contribution >= 0.6 is 11.8 Å². The summed E-state index contributed by atoms with van der Waals surface area (Å²) in [5, 5.41) is 0. The number of ether oxygens (including phenoxy) is 1. The van der Waals surface area contributed by atoms with Gasteiger partial charge in [-0.25, -0.2) is 4.98 Å². The number of esters is 1. The monoisotopic (exact) mass is 449 g/mol. The van der Waals surface area contributed by atoms with Gasteiger partial charge in [0.05, 0.1) is 6.20 Å². The van der Waals surface area contributed by atoms with Gasteiger partial charge in [-0.05, 0) is 66.0 Å². The Bertz CT molecular complexity index is 1030. The molecule has 170 valence electrons. The molecule has 0 saturated carbocycles. The Hall–Kier alpha value is -2.25. The molecule has 0 fully saturated rings. The summed E-state index contributed by atoms with van der Waals surface area (Å²) in [6.07, 6.45) is 8.70. The molecule has 0 amide bonds. The summed E-state index contributed by atoms with van der Waals surface area (Å²) in [5.74, 6) is 6.72. The number of hydrogen-bond donors (Lipinski definition) is 0. The van der Waals surface area contributed by atoms with Crippen LogP contribution in [0.4, 0.5) is 0 Å². The highest BCUT2D eigenvalue weighted by Gasteiger charge is 2.38. The van der Waals surface area contributed by atoms with E-state index in [0.29, 0.717) is 11.4 Å². The predicted molar refractivity (Wildman–Crippen MR) is 133 cm³/mol. The Balaban J connectivity index is 1.95. The fourth-order valence-corrected chi connectivity index (χ4v) is 6.28. The third kappa shape index (κ3) is 6.39. The number of benzene rings is 1. The minimum atomic E-state index is -0.351. The molecule has 0 bridgehead atoms. The zero-order chi connectivity index (χ0) is 23.4. The largest absolute Gasteiger partial charge is 0.425 e. The van der Waals surface area contributed by atoms with E-state index < -0.39 is 0 Å². The second-order valence-electron chi connectivity index (χ2n) is 9.96. The molecule has 0 atom stereocenters. The number of nitrogens with zero attached hydrogens (tertiary/aromatic N) is 1. The zero-order valence-electron chi connectivity index (χ0n) is 20.3. The molecule has 1 aliphatic heterocycles. The van der Waals surface area contributed by atoms with Gasteiger partial charge in [-0.15, -0.1) is 11.8 Å². The molecule has 0 unspecified atom stereocenters. The van der Waals surface area contributed by atoms with Crippen molar-refractivity contribution in [2.45, 2.75) is 95.1 Å². The molecule has 0 radical (unpaired) electrons. The van der Waals surface area contributed by atoms with Gasteiger partial charge in [0, 0.05) is 22.1 Å². The Labute approximate surface area is 197 Å². The van der Waals surface area contributed by atoms with Crippen molar-refractivity contribution < 1.29 is 9.53 Å². The minimum Gasteiger partial charge on any atom is -0.425 e. The van der Waals surface area contributed by atoms with Crippen LogP contribution in [0.1, 0.15) is 96.0 Å². The molecule has 2 aromatic rings. The average molecular weight is 450 g/mol. The van der Waals surface area contributed by atoms with E-state index in [0.717, 1.165) is 18.4 Å². The van der Waals surface area contributed by atoms with E-state index in [1.165, 1.54) is 48.6 Å². The molecule has 1 aromatic carbocycles. The van der Waals surface area contributed by atoms with Gasteiger partial charge in [-0.3, -0.25) is 4.79 Å². The maximum Gasteiger partial charge on any atom is 0.308 e. The van der Waals surface area contributed by atoms with Crippen molar-refractivity contribution in [3.05, 3.63) is 52.8 Å². The van der Waals surface area contributed by atoms with Crippen LogP contribution in [0, 0.1) is 11.8 Å². The first kappa shape index (κ1) is 24.4. The summed E-state index contributed by atoms with van der Waals surface area (Å²) in [4.78, 5) is 16.9. The number of thioether (sulfide) groups is 1. The van der Waals surface area contributed by atoms with Crippen LogP contribution in [0.2, 0.25) is 0 Å². The molecule has 2 heterocycles. The maximum absolute atomic E-state index is 11.1. The predicted octanol–water partition coefficient (Wildman–Crippen LogP) is 7.08. The molecule has 0 spiro atoms. The highest BCUT2D eigenvalue weighted by atomic mass is 32.2. The number of hydrogen-bond acceptors (Lipinski definition) is 4. The molecule has 1 aliphatic rings. The number of carbonyl (C=O) groups excluding carboxylic acids is 1. The smallest absolute Gasteiger partial charge is 0.308 e. The number of carbonyl (C=O) groups is 1. The van der Waals surface area contributed by atoms with Crippen molar-refractivity contribution in [2.75, 3.05) is 0 Å². The van der Waals surface area contributed by atoms with Crippen LogP contribution in [0.25, 0.3) is 0 Å². The van der Waals surface area contributed by atoms with Crippen LogP contribution in [-0.4, -0.2) is 15.7 Å². The molecule has 0 N–H and O–H groups in total. The van der Waals surface area contributed by atoms with E-state index in [1.54, 1.807) is 18.3 Å². The lowest BCUT2D eigenvalue weighted by Gasteiger charge is -2.42. The van der Waals surface area contributed by atoms with Gasteiger partial charge in [-0.1, -0.05) is 59.8 Å². The third-order valence-corrected chi connectivity index (χ3v) is 7.07. The SMILES string of the molecule is CCCCCCc1cc2c(cc1C#Cc1ccc(OC(C)=O)cn1)C(C)(C)CC(C)(C)S2. The fraction of sp³-hybridized carbons (Fsp3) is 0.500. The molecule has 1 aromatic heterocycles. The lowest BCUT2D eigenvalue weighted by Crippen LogP contribution is -2.33. The second-order valence-corrected chi connectivity index (χ2v) is 11.7. The summed E-state index contributed by atoms with van der Waals surface area (Å²) in [6, 6.07) is 8.26. The first-order chi connectivity index (χ1) is 15.1. The van der Waals surface area contributed by atoms with Gasteiger partial charge in [-0.2, -0.15) is 0 Å². The van der Waals surface area contributed by atoms with Crippen LogP contribution < -0.4 is 4.74 Å². The second kappa shape index (κ2) is 10.1. The summed E-state index contributed by atoms with van der Waals surface area (Å²) in [6.45, 7) is 13.0. The molecule has 0 saturated heterocycles. The molecule has 32 heavy (non-hydrogen) atoms. The maximum atomic E-state index is 11.1. The average Bonchev–Trinajstić information content (AvgIpc) is 2.69. The van der Waals surface area contributed by atoms with Crippen LogP contribution in [0.5, 0.6) is 5.75 Å². The van der Waals surface area contributed by atoms with Gasteiger partial charge in [0.15, 0.2) is 0 Å². The number of aromatic nitrogens is 1. The van der Waals surface area contributed by atoms with Crippen molar-refractivity contribution in [1.29, 1.82) is 0 Å². The Morgan fingerprint density at radius 1 is 1.12 bits per heavy atom. The summed E-state index contributed by atoms with van der Waals surface area (Å²) in [5.41, 5.74) is 4.64. The van der Waals surface area contributed by atoms with Crippen LogP contribution in [0.15, 0.2) is 35.4 Å². The topological polar surface area (TPSA) is 39.2 Å². The summed E-state index contributed by atoms with van der Waals surface area (Å²) >= 11 is 2.00. The standard InChI is InChI=1S/C28H35NO2S/c1-7-8-9-10-11-21-17-26-25(27(3,4)19-28(5,6)32-26)16-22(21)12-13-23-14-15-24(18-29-23)31-20(2)30/h14-18H,7-11,19H2,1-6H3. The summed E-state index contributed by atoms with van der Waals surface area (Å²) in [7, 11) is 0. The first-order valence-corrected chi connectivity index (χ1v) is 12.4. The number of rotatable bonds is 6. The Morgan fingerprint density at radius 3 is 2.56 bits per heavy atom. The van der Waals surface area contributed by atoms with E-state index in [-0.39, 0.29) is 16.1 Å². The van der Waals surface area contributed by atoms with E-state index >= 15 is 0 Å². The normalized spacial score (nSPS) is 15.9. The van der Waals surface area contributed by atoms with Crippen molar-refractivity contribution in [2.24, 2.45) is 0 Å². The van der Waals surface area contributed by atoms with E-state index in [4.69, 9.17) is 4.74 Å². The Morgan fingerprint density at radius 2 is 1.91 bits per heavy atom. The zero-order valence-corrected chi connectivity index (χ0v) is 21.1. The molecule has 4 heteroatoms. The molecule has 0 aliphatic carbocycles. The highest BCUT2D eigenvalue weighted by molar-refractivity contribution is 8.00. The van der Waals surface area contributed by atoms with Crippen molar-refractivity contribution >= 4 is 17.7 Å². The lowest BCUT2D eigenvalue weighted by molar-refractivity contribution is -0.131. The van der Waals surface area contributed by atoms with E-state index in [9.17, 15) is 4.79 Å². The van der Waals surface area contributed by atoms with Gasteiger partial charge in [0.25, 0.3) is 0 Å². The van der Waals surface area contributed by atoms with Crippen LogP contribution in [-0.2, 0) is 16.6 Å². The number of pyridine rings is 1. The van der Waals surface area contributed by atoms with Gasteiger partial charge < -0.3 is 4.74 Å². The Kier molecular flexibility index (Phi) is 7.72. The first-order valence-electron chi connectivity index (χ1n) is 11.6. The van der Waals surface area contributed by atoms with Crippen molar-refractivity contribution in [3.8, 4) is 17.6 Å². The van der Waals surface area contributed by atoms with Gasteiger partial charge >= 0.3 is 5.97 Å². The fourth-order valence-electron chi connectivity index (χ4n) is 4.61. The molecular formula is C28H35NO2S. The number of aryl methyl sites for hydroxylation is 1. The van der Waals surface area contributed by atoms with Gasteiger partial charge in [0.2, 0.25) is 0 Å². The quantitative estimate of drug-likeness (QED) is 0.268. The number of fused-ring (bicyclic) bond motifs is 1. The molecule has 3 nitrogen and oxygen atoms in total. The van der Waals surface area contributed by atoms with Crippen molar-refractivity contribution in [3.63, 3.8) is 0 Å². The van der Waals surface area contributed by atoms with Crippen molar-refractivity contribution in [1.82, 2.24) is 4.98 Å². The molecule has 3 rings (SSSR count). The van der Waals surface area contributed by atoms with Crippen LogP contribution in [0.3, 0.4) is 0 Å². The lowest BCUT2D eigenvalue weighted by atomic mass is 9.76. The van der Waals surface area contributed by atoms with E-state index in [2.05, 4.69) is 63.6 Å². The minimum absolute atomic E-state index is 0.116. The number of unbranched alkanes of at least 4 members (excludes halogenated alkanes) is 3. The molecular weight excluding hydrogens is 414 g/mol. The highest BCUT2D eigenvalue weighted by Crippen LogP contribution is 2.51. The third-order valence-electron chi connectivity index (χ3n) is 5.81. The van der Waals surface area contributed by atoms with E-state index in [1.807, 2.05) is 11.8 Å².